The predicted octanol–water partition coefficient (Wildman–Crippen LogP) is 3.39. The molecule has 0 spiro atoms. The van der Waals surface area contributed by atoms with Gasteiger partial charge in [-0.25, -0.2) is 9.97 Å². The number of pyridine rings is 1. The number of carbonyl (C=O) groups is 1. The van der Waals surface area contributed by atoms with Crippen LogP contribution in [0.2, 0.25) is 0 Å². The first-order chi connectivity index (χ1) is 16.4. The van der Waals surface area contributed by atoms with E-state index in [0.29, 0.717) is 29.6 Å². The quantitative estimate of drug-likeness (QED) is 0.410. The highest BCUT2D eigenvalue weighted by molar-refractivity contribution is 5.98. The maximum atomic E-state index is 12.2. The van der Waals surface area contributed by atoms with Gasteiger partial charge in [0.25, 0.3) is 5.91 Å². The second-order valence-electron chi connectivity index (χ2n) is 9.09. The number of carbonyl (C=O) groups excluding carboxylic acids is 1. The number of ether oxygens (including phenoxy) is 2. The van der Waals surface area contributed by atoms with Gasteiger partial charge in [-0.1, -0.05) is 6.07 Å². The number of nitrogens with one attached hydrogen (secondary N) is 2. The van der Waals surface area contributed by atoms with Crippen LogP contribution in [0.5, 0.6) is 5.75 Å². The fraction of sp³-hybridized carbons (Fsp3) is 0.280. The molecule has 0 atom stereocenters. The zero-order valence-corrected chi connectivity index (χ0v) is 19.4. The van der Waals surface area contributed by atoms with E-state index in [1.807, 2.05) is 42.5 Å². The highest BCUT2D eigenvalue weighted by atomic mass is 16.5. The highest BCUT2D eigenvalue weighted by Crippen LogP contribution is 2.27. The Morgan fingerprint density at radius 2 is 1.94 bits per heavy atom. The molecule has 0 unspecified atom stereocenters. The fourth-order valence-corrected chi connectivity index (χ4v) is 3.74. The van der Waals surface area contributed by atoms with Gasteiger partial charge in [0.05, 0.1) is 11.4 Å². The van der Waals surface area contributed by atoms with Crippen LogP contribution in [-0.4, -0.2) is 69.4 Å². The molecule has 0 radical (unpaired) electrons. The maximum Gasteiger partial charge on any atom is 0.269 e. The van der Waals surface area contributed by atoms with Gasteiger partial charge in [0, 0.05) is 49.1 Å². The average Bonchev–Trinajstić information content (AvgIpc) is 3.25. The van der Waals surface area contributed by atoms with Crippen molar-refractivity contribution in [3.05, 3.63) is 60.6 Å². The van der Waals surface area contributed by atoms with Crippen LogP contribution in [0.15, 0.2) is 54.9 Å². The first kappa shape index (κ1) is 21.8. The fourth-order valence-electron chi connectivity index (χ4n) is 3.74. The molecule has 1 aliphatic heterocycles. The summed E-state index contributed by atoms with van der Waals surface area (Å²) in [5.41, 5.74) is 3.72. The van der Waals surface area contributed by atoms with E-state index >= 15 is 0 Å². The predicted molar refractivity (Wildman–Crippen MR) is 130 cm³/mol. The summed E-state index contributed by atoms with van der Waals surface area (Å²) in [7, 11) is 3.46. The van der Waals surface area contributed by atoms with Crippen molar-refractivity contribution in [3.8, 4) is 17.1 Å². The van der Waals surface area contributed by atoms with Crippen molar-refractivity contribution in [1.82, 2.24) is 24.8 Å². The van der Waals surface area contributed by atoms with Crippen molar-refractivity contribution in [2.24, 2.45) is 5.41 Å². The molecule has 0 bridgehead atoms. The molecule has 0 saturated carbocycles. The van der Waals surface area contributed by atoms with Crippen LogP contribution in [0.4, 0.5) is 11.6 Å². The second kappa shape index (κ2) is 8.75. The van der Waals surface area contributed by atoms with Gasteiger partial charge in [-0.05, 0) is 37.3 Å². The minimum Gasteiger partial charge on any atom is -0.492 e. The number of rotatable bonds is 7. The number of hydrogen-bond donors (Lipinski definition) is 2. The maximum absolute atomic E-state index is 12.2. The standard InChI is InChI=1S/C25H26N6O3/c1-25(13-33-14-25)15-34-18-6-8-26-21(12-18)19-7-9-27-24(30-19)28-17-5-4-16-10-22(23(32)31(2)3)29-20(16)11-17/h4-12,29H,13-15H2,1-3H3,(H,27,28,30)/p+1. The Balaban J connectivity index is 1.33. The third kappa shape index (κ3) is 4.55. The summed E-state index contributed by atoms with van der Waals surface area (Å²) in [6, 6.07) is 13.2. The lowest BCUT2D eigenvalue weighted by atomic mass is 9.90. The van der Waals surface area contributed by atoms with E-state index in [1.54, 1.807) is 31.4 Å². The first-order valence-corrected chi connectivity index (χ1v) is 11.1. The van der Waals surface area contributed by atoms with Gasteiger partial charge in [0.1, 0.15) is 23.5 Å². The molecule has 1 aliphatic rings. The SMILES string of the molecule is CN(C)C(=O)c1cc2ccc(Nc3nccc(-c4cc(OCC5(C)C[OH+]C5)ccn4)n3)cc2[nH]1. The molecule has 3 aromatic heterocycles. The number of benzene rings is 1. The van der Waals surface area contributed by atoms with Gasteiger partial charge < -0.3 is 24.7 Å². The van der Waals surface area contributed by atoms with Gasteiger partial charge >= 0.3 is 0 Å². The first-order valence-electron chi connectivity index (χ1n) is 11.1. The molecule has 34 heavy (non-hydrogen) atoms. The van der Waals surface area contributed by atoms with E-state index in [4.69, 9.17) is 4.74 Å². The number of anilines is 2. The molecular formula is C25H27N6O3+. The zero-order valence-electron chi connectivity index (χ0n) is 19.4. The van der Waals surface area contributed by atoms with E-state index in [2.05, 4.69) is 36.9 Å². The van der Waals surface area contributed by atoms with Crippen molar-refractivity contribution in [2.75, 3.05) is 39.2 Å². The van der Waals surface area contributed by atoms with Crippen LogP contribution in [0.3, 0.4) is 0 Å². The lowest BCUT2D eigenvalue weighted by Crippen LogP contribution is -2.47. The van der Waals surface area contributed by atoms with Crippen molar-refractivity contribution in [3.63, 3.8) is 0 Å². The Kier molecular flexibility index (Phi) is 5.62. The van der Waals surface area contributed by atoms with Crippen LogP contribution in [-0.2, 0) is 0 Å². The normalized spacial score (nSPS) is 14.4. The summed E-state index contributed by atoms with van der Waals surface area (Å²) < 4.78 is 10.3. The van der Waals surface area contributed by atoms with E-state index in [0.717, 1.165) is 35.6 Å². The molecule has 9 heteroatoms. The van der Waals surface area contributed by atoms with Crippen molar-refractivity contribution >= 4 is 28.4 Å². The Labute approximate surface area is 197 Å². The van der Waals surface area contributed by atoms with Crippen LogP contribution in [0.25, 0.3) is 22.3 Å². The minimum atomic E-state index is -0.0720. The summed E-state index contributed by atoms with van der Waals surface area (Å²) in [4.78, 5) is 30.4. The zero-order chi connectivity index (χ0) is 23.7. The number of aromatic amines is 1. The smallest absolute Gasteiger partial charge is 0.269 e. The summed E-state index contributed by atoms with van der Waals surface area (Å²) in [5, 5.41) is 4.19. The Bertz CT molecular complexity index is 1350. The van der Waals surface area contributed by atoms with Crippen molar-refractivity contribution in [2.45, 2.75) is 6.92 Å². The van der Waals surface area contributed by atoms with Crippen LogP contribution >= 0.6 is 0 Å². The number of H-pyrrole nitrogens is 1. The molecule has 3 N–H and O–H groups in total. The number of hydrogen-bond acceptors (Lipinski definition) is 6. The monoisotopic (exact) mass is 459 g/mol. The molecule has 1 aromatic carbocycles. The molecule has 4 aromatic rings. The summed E-state index contributed by atoms with van der Waals surface area (Å²) in [6.45, 7) is 4.48. The Hall–Kier alpha value is -3.98. The van der Waals surface area contributed by atoms with Gasteiger partial charge in [0.2, 0.25) is 5.95 Å². The van der Waals surface area contributed by atoms with Gasteiger partial charge in [-0.2, -0.15) is 0 Å². The van der Waals surface area contributed by atoms with Crippen LogP contribution in [0.1, 0.15) is 17.4 Å². The summed E-state index contributed by atoms with van der Waals surface area (Å²) in [6.07, 6.45) is 3.41. The van der Waals surface area contributed by atoms with E-state index < -0.39 is 0 Å². The van der Waals surface area contributed by atoms with Crippen LogP contribution < -0.4 is 10.1 Å². The van der Waals surface area contributed by atoms with E-state index in [1.165, 1.54) is 0 Å². The van der Waals surface area contributed by atoms with E-state index in [-0.39, 0.29) is 11.3 Å². The molecule has 5 rings (SSSR count). The molecule has 1 fully saturated rings. The minimum absolute atomic E-state index is 0.0720. The number of aromatic nitrogens is 4. The van der Waals surface area contributed by atoms with Gasteiger partial charge in [-0.3, -0.25) is 9.78 Å². The lowest BCUT2D eigenvalue weighted by Gasteiger charge is -2.32. The van der Waals surface area contributed by atoms with Crippen LogP contribution in [0, 0.1) is 5.41 Å². The van der Waals surface area contributed by atoms with Crippen molar-refractivity contribution < 1.29 is 14.3 Å². The van der Waals surface area contributed by atoms with Crippen molar-refractivity contribution in [1.29, 1.82) is 0 Å². The lowest BCUT2D eigenvalue weighted by molar-refractivity contribution is -0.232. The number of aliphatic hydroxyl groups is 2. The third-order valence-corrected chi connectivity index (χ3v) is 5.74. The highest BCUT2D eigenvalue weighted by Gasteiger charge is 2.40. The molecular weight excluding hydrogens is 432 g/mol. The molecule has 4 heterocycles. The number of amides is 1. The number of fused-ring (bicyclic) bond motifs is 1. The topological polar surface area (TPSA) is 109 Å². The summed E-state index contributed by atoms with van der Waals surface area (Å²) >= 11 is 0. The third-order valence-electron chi connectivity index (χ3n) is 5.74. The van der Waals surface area contributed by atoms with E-state index in [9.17, 15) is 4.79 Å². The molecule has 1 amide bonds. The average molecular weight is 460 g/mol. The molecule has 0 aliphatic carbocycles. The van der Waals surface area contributed by atoms with Gasteiger partial charge in [-0.15, -0.1) is 0 Å². The molecule has 174 valence electrons. The molecule has 9 nitrogen and oxygen atoms in total. The van der Waals surface area contributed by atoms with Gasteiger partial charge in [0.15, 0.2) is 13.2 Å². The largest absolute Gasteiger partial charge is 0.492 e. The second-order valence-corrected chi connectivity index (χ2v) is 9.09. The Morgan fingerprint density at radius 3 is 2.71 bits per heavy atom. The summed E-state index contributed by atoms with van der Waals surface area (Å²) in [5.74, 6) is 1.13. The Morgan fingerprint density at radius 1 is 1.12 bits per heavy atom. The number of nitrogens with zero attached hydrogens (tertiary/aromatic N) is 4. The molecule has 1 saturated heterocycles.